The molecule has 0 saturated carbocycles. The van der Waals surface area contributed by atoms with E-state index in [0.717, 1.165) is 12.8 Å². The molecule has 0 radical (unpaired) electrons. The average molecular weight is 624 g/mol. The maximum Gasteiger partial charge on any atom is 0.295 e. The number of ether oxygens (including phenoxy) is 1. The Morgan fingerprint density at radius 2 is 1.37 bits per heavy atom. The van der Waals surface area contributed by atoms with E-state index in [2.05, 4.69) is 9.97 Å². The van der Waals surface area contributed by atoms with Crippen LogP contribution in [0, 0.1) is 13.8 Å². The average Bonchev–Trinajstić information content (AvgIpc) is 3.50. The van der Waals surface area contributed by atoms with Crippen LogP contribution in [0.4, 0.5) is 0 Å². The predicted octanol–water partition coefficient (Wildman–Crippen LogP) is 4.74. The molecule has 1 saturated heterocycles. The molecular formula is C30H29N3O8S2. The topological polar surface area (TPSA) is 164 Å². The molecule has 5 rings (SSSR count). The molecule has 43 heavy (non-hydrogen) atoms. The van der Waals surface area contributed by atoms with Gasteiger partial charge in [0.05, 0.1) is 5.56 Å². The SMILES string of the molecule is Cc1ccc(S(=O)(=O)O)c(-c2cc(OCc3ncccn3)c(C(=O)N3CCCC3)c(-c3cc(C)ccc3S(=O)(=O)O)c2)c1. The van der Waals surface area contributed by atoms with Gasteiger partial charge in [0.2, 0.25) is 0 Å². The van der Waals surface area contributed by atoms with Gasteiger partial charge < -0.3 is 9.64 Å². The van der Waals surface area contributed by atoms with Crippen molar-refractivity contribution in [3.8, 4) is 28.0 Å². The molecule has 1 fully saturated rings. The minimum Gasteiger partial charge on any atom is -0.485 e. The first kappa shape index (κ1) is 30.3. The van der Waals surface area contributed by atoms with Crippen LogP contribution in [-0.4, -0.2) is 59.8 Å². The van der Waals surface area contributed by atoms with Gasteiger partial charge in [-0.1, -0.05) is 35.4 Å². The van der Waals surface area contributed by atoms with Gasteiger partial charge in [0, 0.05) is 42.2 Å². The maximum absolute atomic E-state index is 14.1. The van der Waals surface area contributed by atoms with Crippen LogP contribution in [0.2, 0.25) is 0 Å². The molecular weight excluding hydrogens is 594 g/mol. The number of likely N-dealkylation sites (tertiary alicyclic amines) is 1. The van der Waals surface area contributed by atoms with E-state index in [1.807, 2.05) is 0 Å². The molecule has 3 aromatic carbocycles. The standard InChI is InChI=1S/C30H29N3O8S2/c1-19-6-8-26(42(35,36)37)22(14-19)21-16-24(23-15-20(2)7-9-27(23)43(38,39)40)29(30(34)33-12-3-4-13-33)25(17-21)41-18-28-31-10-5-11-32-28/h5-11,14-17H,3-4,12-13,18H2,1-2H3,(H,35,36,37)(H,38,39,40). The van der Waals surface area contributed by atoms with Crippen molar-refractivity contribution in [3.05, 3.63) is 89.5 Å². The summed E-state index contributed by atoms with van der Waals surface area (Å²) < 4.78 is 76.3. The molecule has 0 bridgehead atoms. The van der Waals surface area contributed by atoms with Gasteiger partial charge in [-0.15, -0.1) is 0 Å². The molecule has 13 heteroatoms. The summed E-state index contributed by atoms with van der Waals surface area (Å²) in [5, 5.41) is 0. The zero-order valence-corrected chi connectivity index (χ0v) is 25.0. The third kappa shape index (κ3) is 6.59. The first-order chi connectivity index (χ1) is 20.3. The highest BCUT2D eigenvalue weighted by Gasteiger charge is 2.30. The molecule has 1 aliphatic heterocycles. The minimum absolute atomic E-state index is 0.0161. The molecule has 1 aromatic heterocycles. The Kier molecular flexibility index (Phi) is 8.34. The zero-order valence-electron chi connectivity index (χ0n) is 23.4. The summed E-state index contributed by atoms with van der Waals surface area (Å²) in [5.41, 5.74) is 1.78. The van der Waals surface area contributed by atoms with Crippen LogP contribution in [0.15, 0.2) is 76.8 Å². The van der Waals surface area contributed by atoms with E-state index < -0.39 is 31.0 Å². The van der Waals surface area contributed by atoms with Crippen LogP contribution in [-0.2, 0) is 26.8 Å². The second-order valence-corrected chi connectivity index (χ2v) is 13.1. The van der Waals surface area contributed by atoms with Gasteiger partial charge >= 0.3 is 0 Å². The van der Waals surface area contributed by atoms with Gasteiger partial charge in [-0.2, -0.15) is 16.8 Å². The normalized spacial score (nSPS) is 13.7. The number of rotatable bonds is 8. The van der Waals surface area contributed by atoms with Crippen LogP contribution >= 0.6 is 0 Å². The van der Waals surface area contributed by atoms with Crippen molar-refractivity contribution < 1.29 is 35.5 Å². The van der Waals surface area contributed by atoms with E-state index in [1.165, 1.54) is 54.9 Å². The lowest BCUT2D eigenvalue weighted by Crippen LogP contribution is -2.29. The van der Waals surface area contributed by atoms with Gasteiger partial charge in [-0.25, -0.2) is 9.97 Å². The lowest BCUT2D eigenvalue weighted by molar-refractivity contribution is 0.0788. The fraction of sp³-hybridized carbons (Fsp3) is 0.233. The van der Waals surface area contributed by atoms with Crippen LogP contribution in [0.1, 0.15) is 40.2 Å². The van der Waals surface area contributed by atoms with E-state index in [9.17, 15) is 30.7 Å². The number of aryl methyl sites for hydroxylation is 2. The summed E-state index contributed by atoms with van der Waals surface area (Å²) in [7, 11) is -9.46. The number of nitrogens with zero attached hydrogens (tertiary/aromatic N) is 3. The van der Waals surface area contributed by atoms with E-state index >= 15 is 0 Å². The van der Waals surface area contributed by atoms with E-state index in [1.54, 1.807) is 30.9 Å². The Morgan fingerprint density at radius 1 is 0.814 bits per heavy atom. The molecule has 4 aromatic rings. The first-order valence-corrected chi connectivity index (χ1v) is 16.2. The number of amides is 1. The highest BCUT2D eigenvalue weighted by Crippen LogP contribution is 2.42. The fourth-order valence-electron chi connectivity index (χ4n) is 5.12. The molecule has 0 aliphatic carbocycles. The number of hydrogen-bond donors (Lipinski definition) is 2. The Balaban J connectivity index is 1.87. The minimum atomic E-state index is -4.77. The molecule has 0 atom stereocenters. The lowest BCUT2D eigenvalue weighted by atomic mass is 9.91. The monoisotopic (exact) mass is 623 g/mol. The van der Waals surface area contributed by atoms with Crippen molar-refractivity contribution in [2.24, 2.45) is 0 Å². The third-order valence-electron chi connectivity index (χ3n) is 7.11. The maximum atomic E-state index is 14.1. The zero-order chi connectivity index (χ0) is 30.9. The van der Waals surface area contributed by atoms with Crippen LogP contribution in [0.3, 0.4) is 0 Å². The van der Waals surface area contributed by atoms with E-state index in [-0.39, 0.29) is 45.1 Å². The lowest BCUT2D eigenvalue weighted by Gasteiger charge is -2.23. The number of benzene rings is 3. The van der Waals surface area contributed by atoms with Gasteiger partial charge in [0.15, 0.2) is 5.82 Å². The highest BCUT2D eigenvalue weighted by molar-refractivity contribution is 7.86. The van der Waals surface area contributed by atoms with Gasteiger partial charge in [0.1, 0.15) is 22.1 Å². The summed E-state index contributed by atoms with van der Waals surface area (Å²) in [4.78, 5) is 23.2. The van der Waals surface area contributed by atoms with Crippen LogP contribution in [0.25, 0.3) is 22.3 Å². The molecule has 0 spiro atoms. The Labute approximate surface area is 249 Å². The highest BCUT2D eigenvalue weighted by atomic mass is 32.2. The smallest absolute Gasteiger partial charge is 0.295 e. The molecule has 0 unspecified atom stereocenters. The summed E-state index contributed by atoms with van der Waals surface area (Å²) >= 11 is 0. The summed E-state index contributed by atoms with van der Waals surface area (Å²) in [6, 6.07) is 13.2. The van der Waals surface area contributed by atoms with Crippen molar-refractivity contribution in [2.45, 2.75) is 43.1 Å². The molecule has 2 N–H and O–H groups in total. The number of carbonyl (C=O) groups is 1. The van der Waals surface area contributed by atoms with Gasteiger partial charge in [0.25, 0.3) is 26.1 Å². The predicted molar refractivity (Wildman–Crippen MR) is 158 cm³/mol. The molecule has 2 heterocycles. The summed E-state index contributed by atoms with van der Waals surface area (Å²) in [5.74, 6) is -0.107. The number of hydrogen-bond acceptors (Lipinski definition) is 8. The molecule has 1 amide bonds. The quantitative estimate of drug-likeness (QED) is 0.262. The van der Waals surface area contributed by atoms with Gasteiger partial charge in [-0.3, -0.25) is 13.9 Å². The molecule has 224 valence electrons. The number of carbonyl (C=O) groups excluding carboxylic acids is 1. The van der Waals surface area contributed by atoms with E-state index in [4.69, 9.17) is 4.74 Å². The van der Waals surface area contributed by atoms with E-state index in [0.29, 0.717) is 30.0 Å². The largest absolute Gasteiger partial charge is 0.485 e. The van der Waals surface area contributed by atoms with Crippen molar-refractivity contribution in [1.29, 1.82) is 0 Å². The van der Waals surface area contributed by atoms with Crippen LogP contribution in [0.5, 0.6) is 5.75 Å². The fourth-order valence-corrected chi connectivity index (χ4v) is 6.50. The first-order valence-electron chi connectivity index (χ1n) is 13.4. The second-order valence-electron chi connectivity index (χ2n) is 10.3. The number of aromatic nitrogens is 2. The van der Waals surface area contributed by atoms with Crippen molar-refractivity contribution >= 4 is 26.1 Å². The van der Waals surface area contributed by atoms with Crippen molar-refractivity contribution in [3.63, 3.8) is 0 Å². The molecule has 1 aliphatic rings. The summed E-state index contributed by atoms with van der Waals surface area (Å²) in [6.45, 7) is 4.26. The third-order valence-corrected chi connectivity index (χ3v) is 8.94. The van der Waals surface area contributed by atoms with Crippen LogP contribution < -0.4 is 4.74 Å². The second kappa shape index (κ2) is 11.8. The van der Waals surface area contributed by atoms with Gasteiger partial charge in [-0.05, 0) is 62.6 Å². The Bertz CT molecular complexity index is 1920. The van der Waals surface area contributed by atoms with Crippen molar-refractivity contribution in [2.75, 3.05) is 13.1 Å². The van der Waals surface area contributed by atoms with Crippen molar-refractivity contribution in [1.82, 2.24) is 14.9 Å². The Morgan fingerprint density at radius 3 is 1.95 bits per heavy atom. The molecule has 11 nitrogen and oxygen atoms in total. The summed E-state index contributed by atoms with van der Waals surface area (Å²) in [6.07, 6.45) is 4.63. The Hall–Kier alpha value is -4.17.